The molecule has 0 spiro atoms. The number of hydrogen-bond donors (Lipinski definition) is 2. The predicted octanol–water partition coefficient (Wildman–Crippen LogP) is 2.20. The van der Waals surface area contributed by atoms with E-state index in [1.54, 1.807) is 18.3 Å². The van der Waals surface area contributed by atoms with Crippen molar-refractivity contribution in [1.82, 2.24) is 14.9 Å². The maximum absolute atomic E-state index is 13.1. The fraction of sp³-hybridized carbons (Fsp3) is 0.385. The van der Waals surface area contributed by atoms with Gasteiger partial charge in [-0.1, -0.05) is 30.3 Å². The number of aromatic nitrogens is 1. The van der Waals surface area contributed by atoms with Crippen LogP contribution in [0, 0.1) is 0 Å². The standard InChI is InChI=1S/C26H31N3O6S/c1-26(25(31)27-32,36(2,33)34)10-12-29-11-9-22-17-21(7-8-23(22)24(29)30)20-5-3-19(4-6-20)18-28-13-15-35-16-14-28/h3-9,11,17,32H,10,12-16,18H2,1-2H3,(H,27,31)/t26-/m0/s1. The molecule has 0 radical (unpaired) electrons. The summed E-state index contributed by atoms with van der Waals surface area (Å²) < 4.78 is 29.3. The van der Waals surface area contributed by atoms with E-state index in [1.165, 1.54) is 22.5 Å². The average Bonchev–Trinajstić information content (AvgIpc) is 2.88. The van der Waals surface area contributed by atoms with E-state index in [4.69, 9.17) is 9.94 Å². The highest BCUT2D eigenvalue weighted by atomic mass is 32.2. The van der Waals surface area contributed by atoms with Crippen LogP contribution in [-0.2, 0) is 32.5 Å². The van der Waals surface area contributed by atoms with E-state index in [9.17, 15) is 18.0 Å². The first kappa shape index (κ1) is 26.0. The van der Waals surface area contributed by atoms with Gasteiger partial charge in [0.05, 0.1) is 13.2 Å². The largest absolute Gasteiger partial charge is 0.379 e. The van der Waals surface area contributed by atoms with E-state index in [0.717, 1.165) is 55.6 Å². The normalized spacial score (nSPS) is 16.5. The number of nitrogens with zero attached hydrogens (tertiary/aromatic N) is 2. The number of sulfone groups is 1. The van der Waals surface area contributed by atoms with Crippen molar-refractivity contribution < 1.29 is 23.2 Å². The number of fused-ring (bicyclic) bond motifs is 1. The molecule has 1 amide bonds. The number of morpholine rings is 1. The van der Waals surface area contributed by atoms with Crippen LogP contribution in [0.15, 0.2) is 59.5 Å². The Bertz CT molecular complexity index is 1410. The van der Waals surface area contributed by atoms with Gasteiger partial charge in [-0.05, 0) is 53.6 Å². The first-order chi connectivity index (χ1) is 17.1. The summed E-state index contributed by atoms with van der Waals surface area (Å²) in [5, 5.41) is 10.3. The number of carbonyl (C=O) groups excluding carboxylic acids is 1. The summed E-state index contributed by atoms with van der Waals surface area (Å²) in [6.45, 7) is 5.53. The third-order valence-electron chi connectivity index (χ3n) is 7.00. The van der Waals surface area contributed by atoms with Crippen molar-refractivity contribution in [2.24, 2.45) is 0 Å². The van der Waals surface area contributed by atoms with Crippen LogP contribution in [0.25, 0.3) is 21.9 Å². The molecule has 1 fully saturated rings. The van der Waals surface area contributed by atoms with Gasteiger partial charge in [0.15, 0.2) is 14.6 Å². The molecule has 3 aromatic rings. The Kier molecular flexibility index (Phi) is 7.60. The van der Waals surface area contributed by atoms with Crippen molar-refractivity contribution in [3.05, 3.63) is 70.6 Å². The van der Waals surface area contributed by atoms with Gasteiger partial charge in [0.1, 0.15) is 0 Å². The number of ether oxygens (including phenoxy) is 1. The second-order valence-corrected chi connectivity index (χ2v) is 11.8. The number of amides is 1. The smallest absolute Gasteiger partial charge is 0.264 e. The molecule has 0 unspecified atom stereocenters. The zero-order chi connectivity index (χ0) is 25.9. The number of hydrogen-bond acceptors (Lipinski definition) is 7. The Morgan fingerprint density at radius 2 is 1.75 bits per heavy atom. The number of benzene rings is 2. The van der Waals surface area contributed by atoms with Crippen LogP contribution in [0.2, 0.25) is 0 Å². The third kappa shape index (κ3) is 5.36. The number of aryl methyl sites for hydroxylation is 1. The summed E-state index contributed by atoms with van der Waals surface area (Å²) in [6, 6.07) is 15.8. The van der Waals surface area contributed by atoms with Crippen LogP contribution in [0.3, 0.4) is 0 Å². The highest BCUT2D eigenvalue weighted by molar-refractivity contribution is 7.92. The number of hydroxylamine groups is 1. The number of rotatable bonds is 8. The van der Waals surface area contributed by atoms with Crippen LogP contribution in [-0.4, -0.2) is 66.3 Å². The summed E-state index contributed by atoms with van der Waals surface area (Å²) in [5.74, 6) is -1.03. The van der Waals surface area contributed by atoms with Crippen molar-refractivity contribution in [3.63, 3.8) is 0 Å². The van der Waals surface area contributed by atoms with Gasteiger partial charge in [0.25, 0.3) is 11.5 Å². The van der Waals surface area contributed by atoms with Gasteiger partial charge in [-0.2, -0.15) is 0 Å². The van der Waals surface area contributed by atoms with Crippen molar-refractivity contribution in [2.45, 2.75) is 31.2 Å². The van der Waals surface area contributed by atoms with Crippen molar-refractivity contribution in [1.29, 1.82) is 0 Å². The van der Waals surface area contributed by atoms with E-state index in [1.807, 2.05) is 12.1 Å². The molecule has 1 aliphatic heterocycles. The molecule has 192 valence electrons. The van der Waals surface area contributed by atoms with Gasteiger partial charge in [-0.25, -0.2) is 13.9 Å². The molecule has 9 nitrogen and oxygen atoms in total. The lowest BCUT2D eigenvalue weighted by Gasteiger charge is -2.26. The number of pyridine rings is 1. The SMILES string of the molecule is C[C@](CCn1ccc2cc(-c3ccc(CN4CCOCC4)cc3)ccc2c1=O)(C(=O)NO)S(C)(=O)=O. The van der Waals surface area contributed by atoms with Gasteiger partial charge < -0.3 is 9.30 Å². The molecule has 2 heterocycles. The summed E-state index contributed by atoms with van der Waals surface area (Å²) in [6.07, 6.45) is 2.36. The monoisotopic (exact) mass is 513 g/mol. The fourth-order valence-electron chi connectivity index (χ4n) is 4.38. The van der Waals surface area contributed by atoms with Gasteiger partial charge in [-0.3, -0.25) is 19.7 Å². The Balaban J connectivity index is 1.53. The van der Waals surface area contributed by atoms with Gasteiger partial charge in [0.2, 0.25) is 0 Å². The van der Waals surface area contributed by atoms with Crippen molar-refractivity contribution in [3.8, 4) is 11.1 Å². The van der Waals surface area contributed by atoms with Crippen LogP contribution in [0.4, 0.5) is 0 Å². The Hall–Kier alpha value is -3.05. The van der Waals surface area contributed by atoms with E-state index in [2.05, 4.69) is 29.2 Å². The zero-order valence-electron chi connectivity index (χ0n) is 20.4. The molecule has 1 aliphatic rings. The highest BCUT2D eigenvalue weighted by Crippen LogP contribution is 2.25. The second kappa shape index (κ2) is 10.5. The molecule has 0 aliphatic carbocycles. The van der Waals surface area contributed by atoms with E-state index < -0.39 is 20.5 Å². The Labute approximate surface area is 210 Å². The summed E-state index contributed by atoms with van der Waals surface area (Å²) >= 11 is 0. The molecule has 1 aromatic heterocycles. The van der Waals surface area contributed by atoms with Crippen LogP contribution < -0.4 is 11.0 Å². The fourth-order valence-corrected chi connectivity index (χ4v) is 5.23. The lowest BCUT2D eigenvalue weighted by atomic mass is 10.0. The van der Waals surface area contributed by atoms with E-state index in [0.29, 0.717) is 5.39 Å². The van der Waals surface area contributed by atoms with Crippen molar-refractivity contribution in [2.75, 3.05) is 32.6 Å². The molecule has 2 N–H and O–H groups in total. The molecular weight excluding hydrogens is 482 g/mol. The lowest BCUT2D eigenvalue weighted by Crippen LogP contribution is -2.49. The predicted molar refractivity (Wildman–Crippen MR) is 138 cm³/mol. The number of carbonyl (C=O) groups is 1. The Morgan fingerprint density at radius 1 is 1.08 bits per heavy atom. The molecule has 0 saturated carbocycles. The molecule has 2 aromatic carbocycles. The minimum Gasteiger partial charge on any atom is -0.379 e. The minimum atomic E-state index is -3.84. The maximum atomic E-state index is 13.1. The molecule has 10 heteroatoms. The first-order valence-electron chi connectivity index (χ1n) is 11.8. The van der Waals surface area contributed by atoms with Crippen LogP contribution in [0.5, 0.6) is 0 Å². The molecular formula is C26H31N3O6S. The topological polar surface area (TPSA) is 118 Å². The summed E-state index contributed by atoms with van der Waals surface area (Å²) in [7, 11) is -3.84. The second-order valence-electron chi connectivity index (χ2n) is 9.40. The minimum absolute atomic E-state index is 0.00187. The quantitative estimate of drug-likeness (QED) is 0.350. The Morgan fingerprint density at radius 3 is 2.39 bits per heavy atom. The lowest BCUT2D eigenvalue weighted by molar-refractivity contribution is -0.131. The maximum Gasteiger partial charge on any atom is 0.264 e. The van der Waals surface area contributed by atoms with E-state index >= 15 is 0 Å². The molecule has 36 heavy (non-hydrogen) atoms. The number of nitrogens with one attached hydrogen (secondary N) is 1. The van der Waals surface area contributed by atoms with Gasteiger partial charge in [0, 0.05) is 44.0 Å². The van der Waals surface area contributed by atoms with E-state index in [-0.39, 0.29) is 18.5 Å². The third-order valence-corrected chi connectivity index (χ3v) is 9.03. The van der Waals surface area contributed by atoms with Gasteiger partial charge >= 0.3 is 0 Å². The summed E-state index contributed by atoms with van der Waals surface area (Å²) in [4.78, 5) is 27.5. The molecule has 4 rings (SSSR count). The molecule has 0 bridgehead atoms. The molecule has 1 atom stereocenters. The van der Waals surface area contributed by atoms with Crippen LogP contribution in [0.1, 0.15) is 18.9 Å². The molecule has 1 saturated heterocycles. The van der Waals surface area contributed by atoms with Gasteiger partial charge in [-0.15, -0.1) is 0 Å². The van der Waals surface area contributed by atoms with Crippen LogP contribution >= 0.6 is 0 Å². The average molecular weight is 514 g/mol. The van der Waals surface area contributed by atoms with Crippen molar-refractivity contribution >= 4 is 26.5 Å². The zero-order valence-corrected chi connectivity index (χ0v) is 21.3. The first-order valence-corrected chi connectivity index (χ1v) is 13.7. The highest BCUT2D eigenvalue weighted by Gasteiger charge is 2.43. The summed E-state index contributed by atoms with van der Waals surface area (Å²) in [5.41, 5.74) is 4.42.